The molecule has 0 fully saturated rings. The molecule has 0 aliphatic heterocycles. The fourth-order valence-corrected chi connectivity index (χ4v) is 7.17. The van der Waals surface area contributed by atoms with Crippen molar-refractivity contribution in [2.24, 2.45) is 0 Å². The van der Waals surface area contributed by atoms with Crippen LogP contribution < -0.4 is 4.74 Å². The SMILES string of the molecule is CCCCCCCCCCOc1ccc(-c2ccc(-c3cc4sc(CCCCC)cc4s3)cc2)cc1. The molecule has 0 bridgehead atoms. The van der Waals surface area contributed by atoms with Crippen LogP contribution in [0.25, 0.3) is 31.0 Å². The molecule has 0 radical (unpaired) electrons. The smallest absolute Gasteiger partial charge is 0.119 e. The van der Waals surface area contributed by atoms with Crippen molar-refractivity contribution in [1.82, 2.24) is 0 Å². The summed E-state index contributed by atoms with van der Waals surface area (Å²) in [4.78, 5) is 2.91. The van der Waals surface area contributed by atoms with Crippen molar-refractivity contribution in [3.05, 3.63) is 65.5 Å². The Morgan fingerprint density at radius 2 is 1.11 bits per heavy atom. The lowest BCUT2D eigenvalue weighted by atomic mass is 10.0. The third-order valence-electron chi connectivity index (χ3n) is 6.91. The molecule has 1 nitrogen and oxygen atoms in total. The van der Waals surface area contributed by atoms with E-state index in [0.29, 0.717) is 0 Å². The number of rotatable bonds is 16. The fourth-order valence-electron chi connectivity index (χ4n) is 4.70. The number of hydrogen-bond acceptors (Lipinski definition) is 3. The van der Waals surface area contributed by atoms with Gasteiger partial charge in [-0.2, -0.15) is 0 Å². The molecule has 0 saturated carbocycles. The number of aryl methyl sites for hydroxylation is 1. The van der Waals surface area contributed by atoms with Crippen LogP contribution in [0.4, 0.5) is 0 Å². The topological polar surface area (TPSA) is 9.23 Å². The van der Waals surface area contributed by atoms with E-state index in [2.05, 4.69) is 74.5 Å². The highest BCUT2D eigenvalue weighted by Crippen LogP contribution is 2.39. The van der Waals surface area contributed by atoms with Gasteiger partial charge in [-0.25, -0.2) is 0 Å². The predicted molar refractivity (Wildman–Crippen MR) is 162 cm³/mol. The summed E-state index contributed by atoms with van der Waals surface area (Å²) in [7, 11) is 0. The summed E-state index contributed by atoms with van der Waals surface area (Å²) in [5, 5.41) is 0. The fraction of sp³-hybridized carbons (Fsp3) is 0.455. The first-order valence-electron chi connectivity index (χ1n) is 14.1. The minimum atomic E-state index is 0.821. The molecule has 0 saturated heterocycles. The molecular formula is C33H42OS2. The normalized spacial score (nSPS) is 11.4. The van der Waals surface area contributed by atoms with Gasteiger partial charge >= 0.3 is 0 Å². The van der Waals surface area contributed by atoms with E-state index < -0.39 is 0 Å². The highest BCUT2D eigenvalue weighted by molar-refractivity contribution is 7.29. The zero-order valence-corrected chi connectivity index (χ0v) is 23.8. The van der Waals surface area contributed by atoms with Gasteiger partial charge in [-0.05, 0) is 60.2 Å². The summed E-state index contributed by atoms with van der Waals surface area (Å²) >= 11 is 3.90. The molecular weight excluding hydrogens is 476 g/mol. The van der Waals surface area contributed by atoms with E-state index in [1.54, 1.807) is 0 Å². The van der Waals surface area contributed by atoms with Crippen molar-refractivity contribution < 1.29 is 4.74 Å². The van der Waals surface area contributed by atoms with Crippen LogP contribution >= 0.6 is 22.7 Å². The summed E-state index contributed by atoms with van der Waals surface area (Å²) < 4.78 is 8.85. The Morgan fingerprint density at radius 1 is 0.556 bits per heavy atom. The van der Waals surface area contributed by atoms with Crippen molar-refractivity contribution in [2.75, 3.05) is 6.61 Å². The maximum absolute atomic E-state index is 5.98. The summed E-state index contributed by atoms with van der Waals surface area (Å²) in [5.41, 5.74) is 3.81. The second kappa shape index (κ2) is 14.6. The average Bonchev–Trinajstić information content (AvgIpc) is 3.48. The third kappa shape index (κ3) is 7.95. The molecule has 2 heterocycles. The van der Waals surface area contributed by atoms with Gasteiger partial charge in [0.2, 0.25) is 0 Å². The molecule has 192 valence electrons. The van der Waals surface area contributed by atoms with Crippen molar-refractivity contribution in [3.8, 4) is 27.3 Å². The third-order valence-corrected chi connectivity index (χ3v) is 9.31. The van der Waals surface area contributed by atoms with Crippen LogP contribution in [-0.2, 0) is 6.42 Å². The van der Waals surface area contributed by atoms with Crippen LogP contribution in [0.15, 0.2) is 60.7 Å². The molecule has 0 unspecified atom stereocenters. The van der Waals surface area contributed by atoms with Gasteiger partial charge in [0.15, 0.2) is 0 Å². The van der Waals surface area contributed by atoms with Gasteiger partial charge in [-0.1, -0.05) is 108 Å². The summed E-state index contributed by atoms with van der Waals surface area (Å²) in [5.74, 6) is 0.978. The number of fused-ring (bicyclic) bond motifs is 1. The molecule has 4 aromatic rings. The second-order valence-electron chi connectivity index (χ2n) is 9.93. The van der Waals surface area contributed by atoms with Crippen molar-refractivity contribution >= 4 is 32.1 Å². The molecule has 0 aliphatic rings. The van der Waals surface area contributed by atoms with Crippen LogP contribution in [0.3, 0.4) is 0 Å². The molecule has 2 aromatic heterocycles. The van der Waals surface area contributed by atoms with E-state index in [1.165, 1.54) is 106 Å². The molecule has 0 amide bonds. The van der Waals surface area contributed by atoms with E-state index in [4.69, 9.17) is 4.74 Å². The molecule has 4 rings (SSSR count). The average molecular weight is 519 g/mol. The van der Waals surface area contributed by atoms with Gasteiger partial charge in [-0.15, -0.1) is 22.7 Å². The van der Waals surface area contributed by atoms with Crippen molar-refractivity contribution in [2.45, 2.75) is 90.9 Å². The zero-order valence-electron chi connectivity index (χ0n) is 22.2. The number of ether oxygens (including phenoxy) is 1. The van der Waals surface area contributed by atoms with Gasteiger partial charge in [0.25, 0.3) is 0 Å². The maximum Gasteiger partial charge on any atom is 0.119 e. The molecule has 3 heteroatoms. The number of hydrogen-bond donors (Lipinski definition) is 0. The Kier molecular flexibility index (Phi) is 10.9. The molecule has 2 aromatic carbocycles. The van der Waals surface area contributed by atoms with Gasteiger partial charge in [-0.3, -0.25) is 0 Å². The van der Waals surface area contributed by atoms with Crippen LogP contribution in [0.1, 0.15) is 89.4 Å². The first-order valence-corrected chi connectivity index (χ1v) is 15.8. The minimum Gasteiger partial charge on any atom is -0.494 e. The number of thiophene rings is 2. The van der Waals surface area contributed by atoms with E-state index in [0.717, 1.165) is 18.8 Å². The van der Waals surface area contributed by atoms with E-state index in [9.17, 15) is 0 Å². The first kappa shape index (κ1) is 26.9. The highest BCUT2D eigenvalue weighted by atomic mass is 32.1. The van der Waals surface area contributed by atoms with Crippen LogP contribution in [0.2, 0.25) is 0 Å². The Labute approximate surface area is 226 Å². The number of unbranched alkanes of at least 4 members (excludes halogenated alkanes) is 9. The summed E-state index contributed by atoms with van der Waals surface area (Å²) in [6, 6.07) is 22.4. The number of benzene rings is 2. The first-order chi connectivity index (χ1) is 17.8. The Balaban J connectivity index is 1.24. The predicted octanol–water partition coefficient (Wildman–Crippen LogP) is 11.5. The van der Waals surface area contributed by atoms with E-state index in [-0.39, 0.29) is 0 Å². The quantitative estimate of drug-likeness (QED) is 0.134. The molecule has 36 heavy (non-hydrogen) atoms. The molecule has 0 spiro atoms. The largest absolute Gasteiger partial charge is 0.494 e. The maximum atomic E-state index is 5.98. The summed E-state index contributed by atoms with van der Waals surface area (Å²) in [6.07, 6.45) is 15.8. The molecule has 0 atom stereocenters. The van der Waals surface area contributed by atoms with Gasteiger partial charge in [0.1, 0.15) is 5.75 Å². The Bertz CT molecular complexity index is 1120. The minimum absolute atomic E-state index is 0.821. The van der Waals surface area contributed by atoms with E-state index >= 15 is 0 Å². The van der Waals surface area contributed by atoms with Crippen LogP contribution in [0.5, 0.6) is 5.75 Å². The van der Waals surface area contributed by atoms with Crippen molar-refractivity contribution in [3.63, 3.8) is 0 Å². The second-order valence-corrected chi connectivity index (χ2v) is 12.2. The van der Waals surface area contributed by atoms with Gasteiger partial charge < -0.3 is 4.74 Å². The summed E-state index contributed by atoms with van der Waals surface area (Å²) in [6.45, 7) is 5.37. The van der Waals surface area contributed by atoms with Crippen LogP contribution in [-0.4, -0.2) is 6.61 Å². The van der Waals surface area contributed by atoms with Gasteiger partial charge in [0.05, 0.1) is 6.61 Å². The standard InChI is InChI=1S/C33H42OS2/c1-3-5-7-8-9-10-11-13-23-34-29-21-19-27(20-22-29)26-15-17-28(18-16-26)31-25-33-32(36-31)24-30(35-33)14-12-6-4-2/h15-22,24-25H,3-14,23H2,1-2H3. The molecule has 0 aliphatic carbocycles. The highest BCUT2D eigenvalue weighted by Gasteiger charge is 2.09. The lowest BCUT2D eigenvalue weighted by molar-refractivity contribution is 0.304. The lowest BCUT2D eigenvalue weighted by Gasteiger charge is -2.08. The Morgan fingerprint density at radius 3 is 1.78 bits per heavy atom. The van der Waals surface area contributed by atoms with Gasteiger partial charge in [0, 0.05) is 19.2 Å². The van der Waals surface area contributed by atoms with Crippen molar-refractivity contribution in [1.29, 1.82) is 0 Å². The molecule has 0 N–H and O–H groups in total. The Hall–Kier alpha value is -2.10. The van der Waals surface area contributed by atoms with Crippen LogP contribution in [0, 0.1) is 0 Å². The zero-order chi connectivity index (χ0) is 25.0. The lowest BCUT2D eigenvalue weighted by Crippen LogP contribution is -1.97. The van der Waals surface area contributed by atoms with E-state index in [1.807, 2.05) is 22.7 Å². The monoisotopic (exact) mass is 518 g/mol.